The highest BCUT2D eigenvalue weighted by Crippen LogP contribution is 2.31. The van der Waals surface area contributed by atoms with Crippen molar-refractivity contribution < 1.29 is 14.4 Å². The second kappa shape index (κ2) is 7.01. The number of carbonyl (C=O) groups is 3. The number of aromatic nitrogens is 4. The van der Waals surface area contributed by atoms with Gasteiger partial charge in [-0.25, -0.2) is 9.48 Å². The Morgan fingerprint density at radius 1 is 1.16 bits per heavy atom. The Labute approximate surface area is 177 Å². The van der Waals surface area contributed by atoms with Crippen molar-refractivity contribution >= 4 is 23.5 Å². The van der Waals surface area contributed by atoms with E-state index in [0.29, 0.717) is 17.8 Å². The van der Waals surface area contributed by atoms with E-state index in [-0.39, 0.29) is 12.5 Å². The minimum atomic E-state index is -1.30. The van der Waals surface area contributed by atoms with Crippen LogP contribution in [0.4, 0.5) is 10.5 Å². The Balaban J connectivity index is 1.39. The molecule has 0 saturated carbocycles. The number of hydrogen-bond acceptors (Lipinski definition) is 6. The van der Waals surface area contributed by atoms with Gasteiger partial charge < -0.3 is 10.2 Å². The van der Waals surface area contributed by atoms with Gasteiger partial charge in [0.1, 0.15) is 18.4 Å². The number of urea groups is 1. The third kappa shape index (κ3) is 3.03. The summed E-state index contributed by atoms with van der Waals surface area (Å²) >= 11 is 0. The van der Waals surface area contributed by atoms with E-state index < -0.39 is 17.5 Å². The minimum absolute atomic E-state index is 0.292. The summed E-state index contributed by atoms with van der Waals surface area (Å²) in [4.78, 5) is 41.5. The summed E-state index contributed by atoms with van der Waals surface area (Å²) in [6.07, 6.45) is 2.19. The Morgan fingerprint density at radius 2 is 2.00 bits per heavy atom. The van der Waals surface area contributed by atoms with E-state index in [1.165, 1.54) is 11.0 Å². The molecule has 2 aromatic carbocycles. The molecule has 0 unspecified atom stereocenters. The Bertz CT molecular complexity index is 1190. The van der Waals surface area contributed by atoms with Gasteiger partial charge in [0.15, 0.2) is 0 Å². The first-order valence-corrected chi connectivity index (χ1v) is 9.84. The first-order valence-electron chi connectivity index (χ1n) is 9.84. The lowest BCUT2D eigenvalue weighted by atomic mass is 9.91. The van der Waals surface area contributed by atoms with Crippen LogP contribution in [-0.2, 0) is 21.5 Å². The molecule has 0 radical (unpaired) electrons. The van der Waals surface area contributed by atoms with Crippen LogP contribution in [0.25, 0.3) is 5.69 Å². The number of benzene rings is 2. The third-order valence-corrected chi connectivity index (χ3v) is 5.79. The van der Waals surface area contributed by atoms with E-state index in [9.17, 15) is 14.4 Å². The quantitative estimate of drug-likeness (QED) is 0.634. The summed E-state index contributed by atoms with van der Waals surface area (Å²) in [5.74, 6) is -0.771. The second-order valence-corrected chi connectivity index (χ2v) is 7.68. The van der Waals surface area contributed by atoms with E-state index in [4.69, 9.17) is 0 Å². The molecule has 156 valence electrons. The Kier molecular flexibility index (Phi) is 4.28. The van der Waals surface area contributed by atoms with Crippen molar-refractivity contribution in [2.75, 3.05) is 18.0 Å². The average molecular weight is 417 g/mol. The molecule has 1 atom stereocenters. The van der Waals surface area contributed by atoms with Gasteiger partial charge in [-0.05, 0) is 53.1 Å². The smallest absolute Gasteiger partial charge is 0.319 e. The molecule has 1 fully saturated rings. The first kappa shape index (κ1) is 18.9. The topological polar surface area (TPSA) is 113 Å². The maximum absolute atomic E-state index is 13.3. The first-order chi connectivity index (χ1) is 15.0. The fourth-order valence-corrected chi connectivity index (χ4v) is 4.09. The van der Waals surface area contributed by atoms with Crippen LogP contribution in [0.3, 0.4) is 0 Å². The minimum Gasteiger partial charge on any atom is -0.319 e. The fourth-order valence-electron chi connectivity index (χ4n) is 4.09. The molecule has 5 rings (SSSR count). The normalized spacial score (nSPS) is 20.2. The lowest BCUT2D eigenvalue weighted by Gasteiger charge is -2.23. The molecule has 10 heteroatoms. The summed E-state index contributed by atoms with van der Waals surface area (Å²) in [7, 11) is 0. The largest absolute Gasteiger partial charge is 0.325 e. The number of nitrogens with zero attached hydrogens (tertiary/aromatic N) is 6. The summed E-state index contributed by atoms with van der Waals surface area (Å²) in [5.41, 5.74) is 1.83. The molecular formula is C21H19N7O3. The van der Waals surface area contributed by atoms with Crippen molar-refractivity contribution in [1.82, 2.24) is 30.4 Å². The maximum atomic E-state index is 13.3. The van der Waals surface area contributed by atoms with E-state index in [0.717, 1.165) is 22.6 Å². The van der Waals surface area contributed by atoms with E-state index >= 15 is 0 Å². The van der Waals surface area contributed by atoms with Crippen LogP contribution in [0, 0.1) is 0 Å². The lowest BCUT2D eigenvalue weighted by Crippen LogP contribution is -2.44. The molecule has 1 N–H and O–H groups in total. The van der Waals surface area contributed by atoms with E-state index in [1.54, 1.807) is 36.1 Å². The summed E-state index contributed by atoms with van der Waals surface area (Å²) in [6, 6.07) is 14.1. The van der Waals surface area contributed by atoms with Crippen molar-refractivity contribution in [3.63, 3.8) is 0 Å². The average Bonchev–Trinajstić information content (AvgIpc) is 3.50. The number of anilines is 1. The molecule has 3 heterocycles. The van der Waals surface area contributed by atoms with Crippen LogP contribution in [0.15, 0.2) is 54.9 Å². The zero-order valence-corrected chi connectivity index (χ0v) is 16.7. The third-order valence-electron chi connectivity index (χ3n) is 5.79. The molecule has 31 heavy (non-hydrogen) atoms. The predicted molar refractivity (Wildman–Crippen MR) is 109 cm³/mol. The van der Waals surface area contributed by atoms with Gasteiger partial charge in [-0.2, -0.15) is 0 Å². The fraction of sp³-hybridized carbons (Fsp3) is 0.238. The summed E-state index contributed by atoms with van der Waals surface area (Å²) in [5, 5.41) is 13.8. The van der Waals surface area contributed by atoms with Crippen molar-refractivity contribution in [2.24, 2.45) is 0 Å². The van der Waals surface area contributed by atoms with Gasteiger partial charge in [0.05, 0.1) is 5.69 Å². The van der Waals surface area contributed by atoms with Crippen molar-refractivity contribution in [1.29, 1.82) is 0 Å². The summed E-state index contributed by atoms with van der Waals surface area (Å²) < 4.78 is 1.46. The van der Waals surface area contributed by atoms with Crippen LogP contribution in [-0.4, -0.2) is 56.0 Å². The van der Waals surface area contributed by atoms with Crippen LogP contribution < -0.4 is 10.2 Å². The lowest BCUT2D eigenvalue weighted by molar-refractivity contribution is -0.134. The standard InChI is InChI=1S/C21H19N7O3/c1-21(15-6-4-7-16(11-15)28-13-22-24-25-28)19(30)27(20(31)23-21)12-18(29)26-10-9-14-5-2-3-8-17(14)26/h2-8,11,13H,9-10,12H2,1H3,(H,23,31)/t21-/m0/s1. The number of fused-ring (bicyclic) bond motifs is 1. The number of nitrogens with one attached hydrogen (secondary N) is 1. The number of carbonyl (C=O) groups excluding carboxylic acids is 3. The van der Waals surface area contributed by atoms with Crippen LogP contribution >= 0.6 is 0 Å². The molecule has 1 aromatic heterocycles. The molecule has 1 saturated heterocycles. The number of tetrazole rings is 1. The highest BCUT2D eigenvalue weighted by atomic mass is 16.2. The van der Waals surface area contributed by atoms with Crippen molar-refractivity contribution in [2.45, 2.75) is 18.9 Å². The van der Waals surface area contributed by atoms with E-state index in [1.807, 2.05) is 24.3 Å². The molecule has 4 amide bonds. The van der Waals surface area contributed by atoms with Gasteiger partial charge in [-0.1, -0.05) is 30.3 Å². The highest BCUT2D eigenvalue weighted by Gasteiger charge is 2.50. The van der Waals surface area contributed by atoms with E-state index in [2.05, 4.69) is 20.8 Å². The number of amides is 4. The van der Waals surface area contributed by atoms with Crippen molar-refractivity contribution in [3.05, 3.63) is 66.0 Å². The highest BCUT2D eigenvalue weighted by molar-refractivity contribution is 6.10. The molecule has 0 aliphatic carbocycles. The Morgan fingerprint density at radius 3 is 2.81 bits per heavy atom. The van der Waals surface area contributed by atoms with Gasteiger partial charge in [-0.3, -0.25) is 14.5 Å². The Hall–Kier alpha value is -4.08. The number of hydrogen-bond donors (Lipinski definition) is 1. The van der Waals surface area contributed by atoms with Crippen LogP contribution in [0.1, 0.15) is 18.1 Å². The van der Waals surface area contributed by atoms with Gasteiger partial charge in [0.25, 0.3) is 5.91 Å². The molecule has 0 bridgehead atoms. The van der Waals surface area contributed by atoms with Crippen molar-refractivity contribution in [3.8, 4) is 5.69 Å². The van der Waals surface area contributed by atoms with Crippen LogP contribution in [0.2, 0.25) is 0 Å². The monoisotopic (exact) mass is 417 g/mol. The molecule has 10 nitrogen and oxygen atoms in total. The van der Waals surface area contributed by atoms with Gasteiger partial charge >= 0.3 is 6.03 Å². The molecule has 2 aliphatic heterocycles. The van der Waals surface area contributed by atoms with Crippen LogP contribution in [0.5, 0.6) is 0 Å². The second-order valence-electron chi connectivity index (χ2n) is 7.68. The molecule has 0 spiro atoms. The maximum Gasteiger partial charge on any atom is 0.325 e. The van der Waals surface area contributed by atoms with Gasteiger partial charge in [0.2, 0.25) is 5.91 Å². The predicted octanol–water partition coefficient (Wildman–Crippen LogP) is 1.02. The zero-order valence-electron chi connectivity index (χ0n) is 16.7. The molecule has 3 aromatic rings. The number of imide groups is 1. The van der Waals surface area contributed by atoms with Gasteiger partial charge in [-0.15, -0.1) is 5.10 Å². The molecule has 2 aliphatic rings. The SMILES string of the molecule is C[C@@]1(c2cccc(-n3cnnn3)c2)NC(=O)N(CC(=O)N2CCc3ccccc32)C1=O. The number of rotatable bonds is 4. The van der Waals surface area contributed by atoms with Gasteiger partial charge in [0, 0.05) is 12.2 Å². The molecular weight excluding hydrogens is 398 g/mol. The summed E-state index contributed by atoms with van der Waals surface area (Å²) in [6.45, 7) is 1.84. The zero-order chi connectivity index (χ0) is 21.6. The number of para-hydroxylation sites is 1.